The minimum absolute atomic E-state index is 0.0744. The largest absolute Gasteiger partial charge is 0.507 e. The van der Waals surface area contributed by atoms with Gasteiger partial charge in [-0.1, -0.05) is 13.0 Å². The fourth-order valence-electron chi connectivity index (χ4n) is 1.49. The third kappa shape index (κ3) is 2.74. The molecule has 2 N–H and O–H groups in total. The number of rotatable bonds is 4. The van der Waals surface area contributed by atoms with Crippen LogP contribution in [-0.2, 0) is 11.2 Å². The number of benzene rings is 1. The van der Waals surface area contributed by atoms with Gasteiger partial charge in [-0.25, -0.2) is 0 Å². The van der Waals surface area contributed by atoms with Crippen LogP contribution in [0.3, 0.4) is 0 Å². The highest BCUT2D eigenvalue weighted by Gasteiger charge is 2.16. The molecule has 0 aromatic heterocycles. The Kier molecular flexibility index (Phi) is 3.90. The molecule has 0 spiro atoms. The highest BCUT2D eigenvalue weighted by Crippen LogP contribution is 2.20. The zero-order chi connectivity index (χ0) is 12.1. The van der Waals surface area contributed by atoms with Crippen molar-refractivity contribution in [1.82, 2.24) is 0 Å². The first-order chi connectivity index (χ1) is 7.58. The Balaban J connectivity index is 2.90. The van der Waals surface area contributed by atoms with Crippen LogP contribution in [0.5, 0.6) is 5.75 Å². The zero-order valence-electron chi connectivity index (χ0n) is 8.97. The molecule has 1 atom stereocenters. The number of hydrogen-bond donors (Lipinski definition) is 2. The van der Waals surface area contributed by atoms with E-state index < -0.39 is 11.9 Å². The van der Waals surface area contributed by atoms with Crippen molar-refractivity contribution in [3.05, 3.63) is 29.3 Å². The number of nitriles is 1. The van der Waals surface area contributed by atoms with Crippen LogP contribution in [0.1, 0.15) is 24.5 Å². The average Bonchev–Trinajstić information content (AvgIpc) is 2.27. The van der Waals surface area contributed by atoms with Gasteiger partial charge in [-0.05, 0) is 30.5 Å². The SMILES string of the molecule is CCC(Cc1ccc(O)c(C#N)c1)C(=O)O. The molecule has 0 bridgehead atoms. The van der Waals surface area contributed by atoms with Crippen molar-refractivity contribution in [2.24, 2.45) is 5.92 Å². The van der Waals surface area contributed by atoms with Crippen molar-refractivity contribution < 1.29 is 15.0 Å². The molecule has 0 amide bonds. The molecule has 0 saturated heterocycles. The molecular weight excluding hydrogens is 206 g/mol. The normalized spacial score (nSPS) is 11.8. The fraction of sp³-hybridized carbons (Fsp3) is 0.333. The second kappa shape index (κ2) is 5.17. The zero-order valence-corrected chi connectivity index (χ0v) is 8.97. The van der Waals surface area contributed by atoms with Gasteiger partial charge in [0.1, 0.15) is 11.8 Å². The number of phenols is 1. The molecule has 84 valence electrons. The number of aromatic hydroxyl groups is 1. The maximum atomic E-state index is 10.8. The number of hydrogen-bond acceptors (Lipinski definition) is 3. The summed E-state index contributed by atoms with van der Waals surface area (Å²) in [5, 5.41) is 26.9. The molecule has 0 aliphatic heterocycles. The first-order valence-electron chi connectivity index (χ1n) is 5.03. The summed E-state index contributed by atoms with van der Waals surface area (Å²) in [6.45, 7) is 1.81. The molecule has 0 saturated carbocycles. The predicted molar refractivity (Wildman–Crippen MR) is 57.9 cm³/mol. The van der Waals surface area contributed by atoms with Crippen LogP contribution >= 0.6 is 0 Å². The fourth-order valence-corrected chi connectivity index (χ4v) is 1.49. The molecular formula is C12H13NO3. The van der Waals surface area contributed by atoms with E-state index in [4.69, 9.17) is 10.4 Å². The van der Waals surface area contributed by atoms with E-state index in [1.807, 2.05) is 13.0 Å². The van der Waals surface area contributed by atoms with E-state index in [0.29, 0.717) is 12.8 Å². The molecule has 4 heteroatoms. The summed E-state index contributed by atoms with van der Waals surface area (Å²) in [6, 6.07) is 6.45. The topological polar surface area (TPSA) is 81.3 Å². The van der Waals surface area contributed by atoms with E-state index in [-0.39, 0.29) is 11.3 Å². The Bertz CT molecular complexity index is 434. The third-order valence-corrected chi connectivity index (χ3v) is 2.51. The average molecular weight is 219 g/mol. The van der Waals surface area contributed by atoms with Crippen molar-refractivity contribution >= 4 is 5.97 Å². The molecule has 1 rings (SSSR count). The van der Waals surface area contributed by atoms with Crippen LogP contribution in [0.25, 0.3) is 0 Å². The van der Waals surface area contributed by atoms with Crippen molar-refractivity contribution in [2.75, 3.05) is 0 Å². The Morgan fingerprint density at radius 3 is 2.75 bits per heavy atom. The number of phenolic OH excluding ortho intramolecular Hbond substituents is 1. The lowest BCUT2D eigenvalue weighted by atomic mass is 9.96. The number of nitrogens with zero attached hydrogens (tertiary/aromatic N) is 1. The van der Waals surface area contributed by atoms with Crippen LogP contribution in [0.4, 0.5) is 0 Å². The van der Waals surface area contributed by atoms with E-state index in [2.05, 4.69) is 0 Å². The van der Waals surface area contributed by atoms with E-state index in [1.54, 1.807) is 6.07 Å². The van der Waals surface area contributed by atoms with Crippen LogP contribution < -0.4 is 0 Å². The van der Waals surface area contributed by atoms with Gasteiger partial charge in [0.15, 0.2) is 0 Å². The summed E-state index contributed by atoms with van der Waals surface area (Å²) in [6.07, 6.45) is 0.916. The Morgan fingerprint density at radius 1 is 1.56 bits per heavy atom. The van der Waals surface area contributed by atoms with Gasteiger partial charge in [0, 0.05) is 0 Å². The lowest BCUT2D eigenvalue weighted by molar-refractivity contribution is -0.141. The van der Waals surface area contributed by atoms with Gasteiger partial charge in [0.05, 0.1) is 11.5 Å². The van der Waals surface area contributed by atoms with Gasteiger partial charge < -0.3 is 10.2 Å². The molecule has 4 nitrogen and oxygen atoms in total. The summed E-state index contributed by atoms with van der Waals surface area (Å²) in [7, 11) is 0. The minimum atomic E-state index is -0.839. The molecule has 1 aromatic carbocycles. The molecule has 1 aromatic rings. The predicted octanol–water partition coefficient (Wildman–Crippen LogP) is 1.92. The van der Waals surface area contributed by atoms with E-state index in [9.17, 15) is 9.90 Å². The summed E-state index contributed by atoms with van der Waals surface area (Å²) in [5.74, 6) is -1.36. The lowest BCUT2D eigenvalue weighted by Crippen LogP contribution is -2.15. The summed E-state index contributed by atoms with van der Waals surface area (Å²) in [4.78, 5) is 10.8. The highest BCUT2D eigenvalue weighted by atomic mass is 16.4. The van der Waals surface area contributed by atoms with Gasteiger partial charge in [-0.15, -0.1) is 0 Å². The summed E-state index contributed by atoms with van der Waals surface area (Å²) in [5.41, 5.74) is 0.932. The first-order valence-corrected chi connectivity index (χ1v) is 5.03. The molecule has 0 fully saturated rings. The molecule has 0 aliphatic carbocycles. The molecule has 0 radical (unpaired) electrons. The number of aliphatic carboxylic acids is 1. The second-order valence-electron chi connectivity index (χ2n) is 3.61. The van der Waals surface area contributed by atoms with Crippen LogP contribution in [0, 0.1) is 17.2 Å². The number of carboxylic acids is 1. The lowest BCUT2D eigenvalue weighted by Gasteiger charge is -2.09. The van der Waals surface area contributed by atoms with Gasteiger partial charge in [0.25, 0.3) is 0 Å². The van der Waals surface area contributed by atoms with Crippen molar-refractivity contribution in [3.8, 4) is 11.8 Å². The van der Waals surface area contributed by atoms with Crippen LogP contribution in [-0.4, -0.2) is 16.2 Å². The third-order valence-electron chi connectivity index (χ3n) is 2.51. The van der Waals surface area contributed by atoms with Gasteiger partial charge in [-0.3, -0.25) is 4.79 Å². The minimum Gasteiger partial charge on any atom is -0.507 e. The van der Waals surface area contributed by atoms with Crippen molar-refractivity contribution in [1.29, 1.82) is 5.26 Å². The highest BCUT2D eigenvalue weighted by molar-refractivity contribution is 5.70. The van der Waals surface area contributed by atoms with Gasteiger partial charge >= 0.3 is 5.97 Å². The first kappa shape index (κ1) is 12.1. The Morgan fingerprint density at radius 2 is 2.25 bits per heavy atom. The van der Waals surface area contributed by atoms with Gasteiger partial charge in [-0.2, -0.15) is 5.26 Å². The molecule has 16 heavy (non-hydrogen) atoms. The molecule has 1 unspecified atom stereocenters. The maximum absolute atomic E-state index is 10.8. The van der Waals surface area contributed by atoms with Gasteiger partial charge in [0.2, 0.25) is 0 Å². The summed E-state index contributed by atoms with van der Waals surface area (Å²) >= 11 is 0. The van der Waals surface area contributed by atoms with E-state index in [0.717, 1.165) is 5.56 Å². The second-order valence-corrected chi connectivity index (χ2v) is 3.61. The van der Waals surface area contributed by atoms with Crippen molar-refractivity contribution in [3.63, 3.8) is 0 Å². The van der Waals surface area contributed by atoms with E-state index in [1.165, 1.54) is 12.1 Å². The number of carboxylic acid groups (broad SMARTS) is 1. The standard InChI is InChI=1S/C12H13NO3/c1-2-9(12(15)16)5-8-3-4-11(14)10(6-8)7-13/h3-4,6,9,14H,2,5H2,1H3,(H,15,16). The summed E-state index contributed by atoms with van der Waals surface area (Å²) < 4.78 is 0. The van der Waals surface area contributed by atoms with E-state index >= 15 is 0 Å². The quantitative estimate of drug-likeness (QED) is 0.810. The Hall–Kier alpha value is -2.02. The Labute approximate surface area is 93.8 Å². The molecule has 0 heterocycles. The monoisotopic (exact) mass is 219 g/mol. The van der Waals surface area contributed by atoms with Crippen LogP contribution in [0.2, 0.25) is 0 Å². The van der Waals surface area contributed by atoms with Crippen molar-refractivity contribution in [2.45, 2.75) is 19.8 Å². The molecule has 0 aliphatic rings. The van der Waals surface area contributed by atoms with Crippen LogP contribution in [0.15, 0.2) is 18.2 Å². The smallest absolute Gasteiger partial charge is 0.306 e. The number of carbonyl (C=O) groups is 1. The maximum Gasteiger partial charge on any atom is 0.306 e.